The number of esters is 3. The lowest BCUT2D eigenvalue weighted by molar-refractivity contribution is -0.167. The average Bonchev–Trinajstić information content (AvgIpc) is 3.33. The molecule has 0 heterocycles. The fourth-order valence-corrected chi connectivity index (χ4v) is 8.24. The Balaban J connectivity index is 4.21. The summed E-state index contributed by atoms with van der Waals surface area (Å²) in [7, 11) is 0. The molecule has 388 valence electrons. The van der Waals surface area contributed by atoms with Crippen molar-refractivity contribution >= 4 is 17.9 Å². The largest absolute Gasteiger partial charge is 0.462 e. The second-order valence-corrected chi connectivity index (χ2v) is 19.2. The molecule has 0 N–H and O–H groups in total. The van der Waals surface area contributed by atoms with Gasteiger partial charge in [-0.25, -0.2) is 0 Å². The second-order valence-electron chi connectivity index (χ2n) is 19.2. The van der Waals surface area contributed by atoms with Crippen molar-refractivity contribution < 1.29 is 28.6 Å². The van der Waals surface area contributed by atoms with Crippen molar-refractivity contribution in [2.75, 3.05) is 13.2 Å². The lowest BCUT2D eigenvalue weighted by Crippen LogP contribution is -2.30. The Morgan fingerprint density at radius 1 is 0.313 bits per heavy atom. The van der Waals surface area contributed by atoms with E-state index in [4.69, 9.17) is 14.2 Å². The summed E-state index contributed by atoms with van der Waals surface area (Å²) in [6, 6.07) is 0. The van der Waals surface area contributed by atoms with Gasteiger partial charge in [0.1, 0.15) is 13.2 Å². The van der Waals surface area contributed by atoms with Crippen molar-refractivity contribution in [3.63, 3.8) is 0 Å². The molecule has 0 radical (unpaired) electrons. The maximum atomic E-state index is 12.8. The van der Waals surface area contributed by atoms with Crippen LogP contribution < -0.4 is 0 Å². The van der Waals surface area contributed by atoms with E-state index in [2.05, 4.69) is 81.5 Å². The Labute approximate surface area is 415 Å². The van der Waals surface area contributed by atoms with Gasteiger partial charge >= 0.3 is 17.9 Å². The SMILES string of the molecule is CC/C=C\C/C=C\C/C=C\C/C=C\C/C=C\CCCCCCCC(=O)OCC(COC(=O)CCCCCCCCC)OC(=O)CCCCCCCCCCCCCCCCCCCCCCC. The molecular formula is C61H108O6. The van der Waals surface area contributed by atoms with Crippen LogP contribution in [-0.2, 0) is 28.6 Å². The van der Waals surface area contributed by atoms with Gasteiger partial charge in [-0.15, -0.1) is 0 Å². The van der Waals surface area contributed by atoms with Crippen LogP contribution in [0.25, 0.3) is 0 Å². The molecule has 67 heavy (non-hydrogen) atoms. The summed E-state index contributed by atoms with van der Waals surface area (Å²) in [4.78, 5) is 37.9. The van der Waals surface area contributed by atoms with Gasteiger partial charge in [0.25, 0.3) is 0 Å². The number of carbonyl (C=O) groups is 3. The molecule has 0 aliphatic carbocycles. The van der Waals surface area contributed by atoms with E-state index in [0.29, 0.717) is 19.3 Å². The predicted octanol–water partition coefficient (Wildman–Crippen LogP) is 19.2. The lowest BCUT2D eigenvalue weighted by Gasteiger charge is -2.18. The molecule has 1 unspecified atom stereocenters. The van der Waals surface area contributed by atoms with E-state index in [1.807, 2.05) is 0 Å². The monoisotopic (exact) mass is 937 g/mol. The van der Waals surface area contributed by atoms with Gasteiger partial charge in [-0.05, 0) is 64.2 Å². The average molecular weight is 938 g/mol. The van der Waals surface area contributed by atoms with Gasteiger partial charge in [0, 0.05) is 19.3 Å². The summed E-state index contributed by atoms with van der Waals surface area (Å²) < 4.78 is 16.8. The van der Waals surface area contributed by atoms with Crippen molar-refractivity contribution in [1.29, 1.82) is 0 Å². The number of rotatable bonds is 52. The highest BCUT2D eigenvalue weighted by atomic mass is 16.6. The molecule has 0 fully saturated rings. The van der Waals surface area contributed by atoms with E-state index in [9.17, 15) is 14.4 Å². The Bertz CT molecular complexity index is 1210. The van der Waals surface area contributed by atoms with Gasteiger partial charge in [0.05, 0.1) is 0 Å². The van der Waals surface area contributed by atoms with Gasteiger partial charge < -0.3 is 14.2 Å². The van der Waals surface area contributed by atoms with E-state index in [-0.39, 0.29) is 31.1 Å². The standard InChI is InChI=1S/C61H108O6/c1-4-7-10-13-16-18-20-22-24-26-28-30-32-34-36-38-40-42-45-48-51-54-60(63)66-57-58(56-65-59(62)53-50-47-44-15-12-9-6-3)67-61(64)55-52-49-46-43-41-39-37-35-33-31-29-27-25-23-21-19-17-14-11-8-5-2/h7,10,16,18,22,24,28,30,34,36,58H,4-6,8-9,11-15,17,19-21,23,25-27,29,31-33,35,37-57H2,1-3H3/b10-7-,18-16-,24-22-,30-28-,36-34-. The van der Waals surface area contributed by atoms with Gasteiger partial charge in [-0.3, -0.25) is 14.4 Å². The van der Waals surface area contributed by atoms with Crippen LogP contribution in [0.15, 0.2) is 60.8 Å². The molecule has 0 rings (SSSR count). The topological polar surface area (TPSA) is 78.9 Å². The lowest BCUT2D eigenvalue weighted by atomic mass is 10.0. The number of ether oxygens (including phenoxy) is 3. The molecule has 1 atom stereocenters. The molecule has 0 aliphatic rings. The Morgan fingerprint density at radius 3 is 0.910 bits per heavy atom. The smallest absolute Gasteiger partial charge is 0.306 e. The zero-order valence-electron chi connectivity index (χ0n) is 44.4. The molecule has 0 aromatic rings. The Morgan fingerprint density at radius 2 is 0.582 bits per heavy atom. The third-order valence-electron chi connectivity index (χ3n) is 12.5. The first-order chi connectivity index (χ1) is 33.0. The number of carbonyl (C=O) groups excluding carboxylic acids is 3. The van der Waals surface area contributed by atoms with Crippen LogP contribution in [0.4, 0.5) is 0 Å². The first-order valence-corrected chi connectivity index (χ1v) is 28.8. The zero-order chi connectivity index (χ0) is 48.6. The molecule has 0 aromatic heterocycles. The van der Waals surface area contributed by atoms with Crippen LogP contribution in [0.2, 0.25) is 0 Å². The van der Waals surface area contributed by atoms with E-state index >= 15 is 0 Å². The molecule has 0 saturated heterocycles. The first-order valence-electron chi connectivity index (χ1n) is 28.8. The van der Waals surface area contributed by atoms with Crippen LogP contribution in [0.5, 0.6) is 0 Å². The molecule has 0 saturated carbocycles. The molecule has 6 nitrogen and oxygen atoms in total. The van der Waals surface area contributed by atoms with Gasteiger partial charge in [-0.1, -0.05) is 268 Å². The van der Waals surface area contributed by atoms with Crippen molar-refractivity contribution in [2.45, 2.75) is 297 Å². The minimum atomic E-state index is -0.777. The minimum absolute atomic E-state index is 0.0778. The van der Waals surface area contributed by atoms with Crippen molar-refractivity contribution in [3.8, 4) is 0 Å². The zero-order valence-corrected chi connectivity index (χ0v) is 44.4. The molecule has 0 aromatic carbocycles. The highest BCUT2D eigenvalue weighted by Crippen LogP contribution is 2.17. The maximum absolute atomic E-state index is 12.8. The summed E-state index contributed by atoms with van der Waals surface area (Å²) in [6.45, 7) is 6.50. The van der Waals surface area contributed by atoms with Crippen LogP contribution in [0.3, 0.4) is 0 Å². The maximum Gasteiger partial charge on any atom is 0.306 e. The number of unbranched alkanes of at least 4 members (excludes halogenated alkanes) is 31. The minimum Gasteiger partial charge on any atom is -0.462 e. The molecule has 0 aliphatic heterocycles. The highest BCUT2D eigenvalue weighted by molar-refractivity contribution is 5.71. The van der Waals surface area contributed by atoms with Crippen molar-refractivity contribution in [3.05, 3.63) is 60.8 Å². The molecule has 0 spiro atoms. The third-order valence-corrected chi connectivity index (χ3v) is 12.5. The fourth-order valence-electron chi connectivity index (χ4n) is 8.24. The third kappa shape index (κ3) is 53.9. The van der Waals surface area contributed by atoms with Crippen LogP contribution in [-0.4, -0.2) is 37.2 Å². The summed E-state index contributed by atoms with van der Waals surface area (Å²) >= 11 is 0. The highest BCUT2D eigenvalue weighted by Gasteiger charge is 2.19. The molecule has 6 heteroatoms. The summed E-state index contributed by atoms with van der Waals surface area (Å²) in [5, 5.41) is 0. The Kier molecular flexibility index (Phi) is 53.3. The van der Waals surface area contributed by atoms with E-state index in [1.165, 1.54) is 141 Å². The quantitative estimate of drug-likeness (QED) is 0.0262. The number of allylic oxidation sites excluding steroid dienone is 10. The van der Waals surface area contributed by atoms with Gasteiger partial charge in [0.15, 0.2) is 6.10 Å². The van der Waals surface area contributed by atoms with E-state index < -0.39 is 6.10 Å². The number of hydrogen-bond acceptors (Lipinski definition) is 6. The van der Waals surface area contributed by atoms with E-state index in [0.717, 1.165) is 109 Å². The first kappa shape index (κ1) is 64.1. The molecule has 0 bridgehead atoms. The number of hydrogen-bond donors (Lipinski definition) is 0. The summed E-state index contributed by atoms with van der Waals surface area (Å²) in [5.41, 5.74) is 0. The van der Waals surface area contributed by atoms with Crippen LogP contribution in [0.1, 0.15) is 290 Å². The van der Waals surface area contributed by atoms with Gasteiger partial charge in [-0.2, -0.15) is 0 Å². The normalized spacial score (nSPS) is 12.5. The summed E-state index contributed by atoms with van der Waals surface area (Å²) in [5.74, 6) is -0.892. The molecular weight excluding hydrogens is 829 g/mol. The van der Waals surface area contributed by atoms with E-state index in [1.54, 1.807) is 0 Å². The van der Waals surface area contributed by atoms with Crippen LogP contribution in [0, 0.1) is 0 Å². The summed E-state index contributed by atoms with van der Waals surface area (Å²) in [6.07, 6.45) is 69.5. The van der Waals surface area contributed by atoms with Crippen molar-refractivity contribution in [2.24, 2.45) is 0 Å². The second kappa shape index (κ2) is 55.7. The fraction of sp³-hybridized carbons (Fsp3) is 0.787. The molecule has 0 amide bonds. The van der Waals surface area contributed by atoms with Gasteiger partial charge in [0.2, 0.25) is 0 Å². The Hall–Kier alpha value is -2.89. The van der Waals surface area contributed by atoms with Crippen molar-refractivity contribution in [1.82, 2.24) is 0 Å². The van der Waals surface area contributed by atoms with Crippen LogP contribution >= 0.6 is 0 Å². The predicted molar refractivity (Wildman–Crippen MR) is 288 cm³/mol.